The Labute approximate surface area is 111 Å². The summed E-state index contributed by atoms with van der Waals surface area (Å²) in [5.74, 6) is 0. The molecule has 3 aromatic rings. The maximum absolute atomic E-state index is 12.5. The molecule has 2 aromatic carbocycles. The van der Waals surface area contributed by atoms with Crippen LogP contribution in [0.1, 0.15) is 5.56 Å². The van der Waals surface area contributed by atoms with Crippen LogP contribution in [0.15, 0.2) is 47.3 Å². The van der Waals surface area contributed by atoms with Crippen molar-refractivity contribution in [2.24, 2.45) is 0 Å². The SMILES string of the molecule is O=c1[nH]c2c[c]ccc2n1-c1ccc(C(F)(F)F)cc1. The van der Waals surface area contributed by atoms with Crippen LogP contribution in [0, 0.1) is 6.07 Å². The van der Waals surface area contributed by atoms with Gasteiger partial charge >= 0.3 is 11.9 Å². The highest BCUT2D eigenvalue weighted by Crippen LogP contribution is 2.29. The number of H-pyrrole nitrogens is 1. The van der Waals surface area contributed by atoms with E-state index in [9.17, 15) is 18.0 Å². The molecule has 3 nitrogen and oxygen atoms in total. The summed E-state index contributed by atoms with van der Waals surface area (Å²) >= 11 is 0. The van der Waals surface area contributed by atoms with Gasteiger partial charge < -0.3 is 4.98 Å². The summed E-state index contributed by atoms with van der Waals surface area (Å²) in [5, 5.41) is 0. The molecule has 0 aliphatic carbocycles. The van der Waals surface area contributed by atoms with Crippen molar-refractivity contribution in [1.29, 1.82) is 0 Å². The lowest BCUT2D eigenvalue weighted by Gasteiger charge is -2.08. The molecule has 1 aromatic heterocycles. The second-order valence-electron chi connectivity index (χ2n) is 4.25. The van der Waals surface area contributed by atoms with E-state index in [4.69, 9.17) is 0 Å². The van der Waals surface area contributed by atoms with Crippen molar-refractivity contribution in [3.05, 3.63) is 64.6 Å². The van der Waals surface area contributed by atoms with Gasteiger partial charge in [0.15, 0.2) is 0 Å². The average Bonchev–Trinajstić information content (AvgIpc) is 2.73. The molecule has 0 aliphatic rings. The number of halogens is 3. The monoisotopic (exact) mass is 277 g/mol. The third-order valence-electron chi connectivity index (χ3n) is 2.98. The fourth-order valence-electron chi connectivity index (χ4n) is 2.05. The first-order valence-electron chi connectivity index (χ1n) is 5.75. The topological polar surface area (TPSA) is 37.8 Å². The van der Waals surface area contributed by atoms with Crippen molar-refractivity contribution in [2.45, 2.75) is 6.18 Å². The number of hydrogen-bond donors (Lipinski definition) is 1. The normalized spacial score (nSPS) is 11.9. The molecule has 0 atom stereocenters. The van der Waals surface area contributed by atoms with E-state index in [1.54, 1.807) is 18.2 Å². The van der Waals surface area contributed by atoms with E-state index in [2.05, 4.69) is 11.1 Å². The number of aromatic nitrogens is 2. The summed E-state index contributed by atoms with van der Waals surface area (Å²) in [6, 6.07) is 12.2. The number of nitrogens with zero attached hydrogens (tertiary/aromatic N) is 1. The highest BCUT2D eigenvalue weighted by molar-refractivity contribution is 5.76. The van der Waals surface area contributed by atoms with Crippen LogP contribution in [0.25, 0.3) is 16.7 Å². The average molecular weight is 277 g/mol. The maximum Gasteiger partial charge on any atom is 0.416 e. The lowest BCUT2D eigenvalue weighted by atomic mass is 10.2. The molecule has 0 bridgehead atoms. The van der Waals surface area contributed by atoms with Gasteiger partial charge in [0.05, 0.1) is 22.3 Å². The first kappa shape index (κ1) is 12.5. The number of imidazole rings is 1. The largest absolute Gasteiger partial charge is 0.416 e. The molecule has 0 amide bonds. The molecule has 1 heterocycles. The van der Waals surface area contributed by atoms with E-state index in [1.807, 2.05) is 0 Å². The van der Waals surface area contributed by atoms with Gasteiger partial charge in [0, 0.05) is 0 Å². The zero-order valence-electron chi connectivity index (χ0n) is 10.0. The Balaban J connectivity index is 2.17. The molecule has 20 heavy (non-hydrogen) atoms. The smallest absolute Gasteiger partial charge is 0.305 e. The van der Waals surface area contributed by atoms with Gasteiger partial charge in [-0.15, -0.1) is 0 Å². The molecule has 0 saturated carbocycles. The molecule has 1 N–H and O–H groups in total. The second kappa shape index (κ2) is 4.26. The summed E-state index contributed by atoms with van der Waals surface area (Å²) < 4.78 is 38.9. The first-order chi connectivity index (χ1) is 9.47. The van der Waals surface area contributed by atoms with Crippen molar-refractivity contribution >= 4 is 11.0 Å². The Morgan fingerprint density at radius 3 is 2.45 bits per heavy atom. The fourth-order valence-corrected chi connectivity index (χ4v) is 2.05. The molecule has 0 aliphatic heterocycles. The quantitative estimate of drug-likeness (QED) is 0.729. The summed E-state index contributed by atoms with van der Waals surface area (Å²) in [6.45, 7) is 0. The van der Waals surface area contributed by atoms with Crippen LogP contribution in [0.5, 0.6) is 0 Å². The van der Waals surface area contributed by atoms with Crippen LogP contribution < -0.4 is 5.69 Å². The summed E-state index contributed by atoms with van der Waals surface area (Å²) in [4.78, 5) is 14.5. The van der Waals surface area contributed by atoms with Crippen molar-refractivity contribution < 1.29 is 13.2 Å². The molecular weight excluding hydrogens is 269 g/mol. The molecule has 0 saturated heterocycles. The molecule has 3 rings (SSSR count). The zero-order chi connectivity index (χ0) is 14.3. The minimum absolute atomic E-state index is 0.375. The Bertz CT molecular complexity index is 813. The molecule has 1 radical (unpaired) electrons. The number of fused-ring (bicyclic) bond motifs is 1. The summed E-state index contributed by atoms with van der Waals surface area (Å²) in [5.41, 5.74) is 0.396. The molecule has 0 spiro atoms. The van der Waals surface area contributed by atoms with Gasteiger partial charge in [-0.2, -0.15) is 13.2 Å². The Morgan fingerprint density at radius 1 is 1.10 bits per heavy atom. The zero-order valence-corrected chi connectivity index (χ0v) is 10.0. The highest BCUT2D eigenvalue weighted by atomic mass is 19.4. The van der Waals surface area contributed by atoms with Crippen molar-refractivity contribution in [2.75, 3.05) is 0 Å². The van der Waals surface area contributed by atoms with E-state index in [1.165, 1.54) is 16.7 Å². The molecule has 6 heteroatoms. The minimum atomic E-state index is -4.39. The predicted octanol–water partition coefficient (Wildman–Crippen LogP) is 3.14. The second-order valence-corrected chi connectivity index (χ2v) is 4.25. The van der Waals surface area contributed by atoms with E-state index in [0.717, 1.165) is 12.1 Å². The third-order valence-corrected chi connectivity index (χ3v) is 2.98. The van der Waals surface area contributed by atoms with Gasteiger partial charge in [0.1, 0.15) is 0 Å². The van der Waals surface area contributed by atoms with Crippen LogP contribution in [0.4, 0.5) is 13.2 Å². The van der Waals surface area contributed by atoms with Crippen LogP contribution in [0.2, 0.25) is 0 Å². The number of rotatable bonds is 1. The van der Waals surface area contributed by atoms with Crippen molar-refractivity contribution in [3.63, 3.8) is 0 Å². The lowest BCUT2D eigenvalue weighted by Crippen LogP contribution is -2.15. The molecule has 0 unspecified atom stereocenters. The molecule has 0 fully saturated rings. The predicted molar refractivity (Wildman–Crippen MR) is 67.7 cm³/mol. The molecular formula is C14H8F3N2O. The van der Waals surface area contributed by atoms with Gasteiger partial charge in [-0.05, 0) is 42.5 Å². The summed E-state index contributed by atoms with van der Waals surface area (Å²) in [6.07, 6.45) is -4.39. The summed E-state index contributed by atoms with van der Waals surface area (Å²) in [7, 11) is 0. The van der Waals surface area contributed by atoms with E-state index >= 15 is 0 Å². The number of benzene rings is 2. The number of aromatic amines is 1. The van der Waals surface area contributed by atoms with Gasteiger partial charge in [0.25, 0.3) is 0 Å². The maximum atomic E-state index is 12.5. The van der Waals surface area contributed by atoms with E-state index < -0.39 is 17.4 Å². The Morgan fingerprint density at radius 2 is 1.80 bits per heavy atom. The first-order valence-corrected chi connectivity index (χ1v) is 5.75. The van der Waals surface area contributed by atoms with Crippen LogP contribution in [0.3, 0.4) is 0 Å². The van der Waals surface area contributed by atoms with E-state index in [0.29, 0.717) is 16.7 Å². The van der Waals surface area contributed by atoms with Gasteiger partial charge in [-0.3, -0.25) is 4.57 Å². The van der Waals surface area contributed by atoms with Crippen molar-refractivity contribution in [1.82, 2.24) is 9.55 Å². The third kappa shape index (κ3) is 1.99. The lowest BCUT2D eigenvalue weighted by molar-refractivity contribution is -0.137. The highest BCUT2D eigenvalue weighted by Gasteiger charge is 2.30. The van der Waals surface area contributed by atoms with Crippen molar-refractivity contribution in [3.8, 4) is 5.69 Å². The van der Waals surface area contributed by atoms with Crippen LogP contribution in [-0.2, 0) is 6.18 Å². The Hall–Kier alpha value is -2.50. The van der Waals surface area contributed by atoms with Gasteiger partial charge in [-0.1, -0.05) is 6.07 Å². The van der Waals surface area contributed by atoms with Crippen LogP contribution >= 0.6 is 0 Å². The van der Waals surface area contributed by atoms with E-state index in [-0.39, 0.29) is 0 Å². The fraction of sp³-hybridized carbons (Fsp3) is 0.0714. The number of hydrogen-bond acceptors (Lipinski definition) is 1. The molecule has 101 valence electrons. The standard InChI is InChI=1S/C14H8F3N2O/c15-14(16,17)9-5-7-10(8-6-9)19-12-4-2-1-3-11(12)18-13(19)20/h2-8H,(H,18,20). The van der Waals surface area contributed by atoms with Crippen LogP contribution in [-0.4, -0.2) is 9.55 Å². The number of alkyl halides is 3. The van der Waals surface area contributed by atoms with Gasteiger partial charge in [-0.25, -0.2) is 4.79 Å². The Kier molecular flexibility index (Phi) is 2.67. The number of nitrogens with one attached hydrogen (secondary N) is 1. The van der Waals surface area contributed by atoms with Gasteiger partial charge in [0.2, 0.25) is 0 Å². The minimum Gasteiger partial charge on any atom is -0.305 e.